The number of aromatic nitrogens is 1. The van der Waals surface area contributed by atoms with Crippen molar-refractivity contribution in [2.45, 2.75) is 26.7 Å². The molecule has 0 saturated carbocycles. The third-order valence-electron chi connectivity index (χ3n) is 3.90. The maximum Gasteiger partial charge on any atom is 0.230 e. The molecule has 1 N–H and O–H groups in total. The van der Waals surface area contributed by atoms with Crippen LogP contribution in [0.5, 0.6) is 5.75 Å². The largest absolute Gasteiger partial charge is 0.494 e. The van der Waals surface area contributed by atoms with Crippen molar-refractivity contribution in [2.24, 2.45) is 0 Å². The van der Waals surface area contributed by atoms with Gasteiger partial charge in [0.05, 0.1) is 13.0 Å². The van der Waals surface area contributed by atoms with Gasteiger partial charge in [0.2, 0.25) is 5.91 Å². The number of amides is 1. The summed E-state index contributed by atoms with van der Waals surface area (Å²) < 4.78 is 5.41. The van der Waals surface area contributed by atoms with E-state index < -0.39 is 0 Å². The molecule has 3 rings (SSSR count). The van der Waals surface area contributed by atoms with E-state index in [4.69, 9.17) is 4.74 Å². The minimum absolute atomic E-state index is 0.0644. The molecule has 0 saturated heterocycles. The second kappa shape index (κ2) is 8.63. The lowest BCUT2D eigenvalue weighted by Crippen LogP contribution is -2.14. The lowest BCUT2D eigenvalue weighted by molar-refractivity contribution is -0.115. The molecule has 1 amide bonds. The van der Waals surface area contributed by atoms with Crippen LogP contribution in [0.25, 0.3) is 0 Å². The van der Waals surface area contributed by atoms with Crippen molar-refractivity contribution in [1.82, 2.24) is 4.98 Å². The summed E-state index contributed by atoms with van der Waals surface area (Å²) >= 11 is 1.52. The lowest BCUT2D eigenvalue weighted by atomic mass is 10.1. The number of rotatable bonds is 7. The van der Waals surface area contributed by atoms with Gasteiger partial charge in [-0.15, -0.1) is 11.3 Å². The van der Waals surface area contributed by atoms with E-state index in [1.54, 1.807) is 0 Å². The molecule has 0 bridgehead atoms. The van der Waals surface area contributed by atoms with E-state index in [0.29, 0.717) is 18.2 Å². The minimum atomic E-state index is -0.0644. The highest BCUT2D eigenvalue weighted by Crippen LogP contribution is 2.22. The summed E-state index contributed by atoms with van der Waals surface area (Å²) in [6.45, 7) is 4.66. The Kier molecular flexibility index (Phi) is 6.02. The van der Waals surface area contributed by atoms with Crippen LogP contribution in [0.2, 0.25) is 0 Å². The van der Waals surface area contributed by atoms with E-state index in [2.05, 4.69) is 41.5 Å². The van der Waals surface area contributed by atoms with Gasteiger partial charge in [-0.3, -0.25) is 4.79 Å². The predicted molar refractivity (Wildman–Crippen MR) is 106 cm³/mol. The molecular weight excluding hydrogens is 344 g/mol. The zero-order valence-electron chi connectivity index (χ0n) is 15.0. The van der Waals surface area contributed by atoms with Crippen LogP contribution in [0.1, 0.15) is 28.5 Å². The zero-order chi connectivity index (χ0) is 18.4. The minimum Gasteiger partial charge on any atom is -0.494 e. The fourth-order valence-corrected chi connectivity index (χ4v) is 3.44. The molecule has 0 atom stereocenters. The average Bonchev–Trinajstić information content (AvgIpc) is 3.05. The van der Waals surface area contributed by atoms with E-state index in [1.807, 2.05) is 37.4 Å². The van der Waals surface area contributed by atoms with E-state index in [-0.39, 0.29) is 5.91 Å². The van der Waals surface area contributed by atoms with Crippen LogP contribution >= 0.6 is 11.3 Å². The maximum absolute atomic E-state index is 12.2. The molecule has 0 fully saturated rings. The van der Waals surface area contributed by atoms with Gasteiger partial charge in [-0.1, -0.05) is 42.0 Å². The second-order valence-electron chi connectivity index (χ2n) is 6.10. The molecular formula is C21H22N2O2S. The molecule has 0 aliphatic heterocycles. The number of hydrogen-bond donors (Lipinski definition) is 1. The van der Waals surface area contributed by atoms with Crippen molar-refractivity contribution in [1.29, 1.82) is 0 Å². The number of carbonyl (C=O) groups is 1. The third-order valence-corrected chi connectivity index (χ3v) is 4.81. The molecule has 0 radical (unpaired) electrons. The van der Waals surface area contributed by atoms with Gasteiger partial charge in [-0.25, -0.2) is 4.98 Å². The highest BCUT2D eigenvalue weighted by atomic mass is 32.1. The number of aryl methyl sites for hydroxylation is 1. The third kappa shape index (κ3) is 5.17. The molecule has 1 heterocycles. The van der Waals surface area contributed by atoms with Crippen molar-refractivity contribution in [2.75, 3.05) is 11.9 Å². The summed E-state index contributed by atoms with van der Waals surface area (Å²) in [5, 5.41) is 3.52. The van der Waals surface area contributed by atoms with Crippen molar-refractivity contribution in [3.8, 4) is 5.75 Å². The molecule has 3 aromatic rings. The van der Waals surface area contributed by atoms with Crippen molar-refractivity contribution in [3.63, 3.8) is 0 Å². The zero-order valence-corrected chi connectivity index (χ0v) is 15.8. The van der Waals surface area contributed by atoms with E-state index in [9.17, 15) is 4.79 Å². The van der Waals surface area contributed by atoms with E-state index in [0.717, 1.165) is 22.6 Å². The molecule has 26 heavy (non-hydrogen) atoms. The van der Waals surface area contributed by atoms with Gasteiger partial charge in [0, 0.05) is 17.5 Å². The van der Waals surface area contributed by atoms with Gasteiger partial charge in [0.15, 0.2) is 5.13 Å². The summed E-state index contributed by atoms with van der Waals surface area (Å²) in [7, 11) is 0. The lowest BCUT2D eigenvalue weighted by Gasteiger charge is -2.05. The smallest absolute Gasteiger partial charge is 0.230 e. The van der Waals surface area contributed by atoms with E-state index >= 15 is 0 Å². The van der Waals surface area contributed by atoms with Gasteiger partial charge in [-0.05, 0) is 37.1 Å². The molecule has 134 valence electrons. The first-order valence-corrected chi connectivity index (χ1v) is 9.46. The highest BCUT2D eigenvalue weighted by Gasteiger charge is 2.08. The molecule has 5 heteroatoms. The highest BCUT2D eigenvalue weighted by molar-refractivity contribution is 7.15. The number of nitrogens with zero attached hydrogens (tertiary/aromatic N) is 1. The van der Waals surface area contributed by atoms with Crippen LogP contribution in [0.4, 0.5) is 5.13 Å². The number of thiazole rings is 1. The summed E-state index contributed by atoms with van der Waals surface area (Å²) in [5.41, 5.74) is 3.44. The first-order chi connectivity index (χ1) is 12.6. The van der Waals surface area contributed by atoms with Crippen LogP contribution in [0.3, 0.4) is 0 Å². The Morgan fingerprint density at radius 3 is 2.46 bits per heavy atom. The van der Waals surface area contributed by atoms with Gasteiger partial charge in [0.25, 0.3) is 0 Å². The molecule has 4 nitrogen and oxygen atoms in total. The van der Waals surface area contributed by atoms with E-state index in [1.165, 1.54) is 22.5 Å². The Hall–Kier alpha value is -2.66. The van der Waals surface area contributed by atoms with Gasteiger partial charge >= 0.3 is 0 Å². The summed E-state index contributed by atoms with van der Waals surface area (Å²) in [5.74, 6) is 0.753. The van der Waals surface area contributed by atoms with Crippen LogP contribution < -0.4 is 10.1 Å². The van der Waals surface area contributed by atoms with Crippen LogP contribution in [-0.4, -0.2) is 17.5 Å². The molecule has 1 aromatic heterocycles. The Bertz CT molecular complexity index is 854. The van der Waals surface area contributed by atoms with Crippen LogP contribution in [0, 0.1) is 6.92 Å². The molecule has 0 aliphatic rings. The first kappa shape index (κ1) is 18.1. The molecule has 0 unspecified atom stereocenters. The number of ether oxygens (including phenoxy) is 1. The standard InChI is InChI=1S/C21H22N2O2S/c1-3-25-18-10-8-17(9-11-18)13-20(24)23-21-22-14-19(26-21)12-16-6-4-15(2)5-7-16/h4-11,14H,3,12-13H2,1-2H3,(H,22,23,24). The molecule has 0 spiro atoms. The summed E-state index contributed by atoms with van der Waals surface area (Å²) in [6, 6.07) is 16.1. The SMILES string of the molecule is CCOc1ccc(CC(=O)Nc2ncc(Cc3ccc(C)cc3)s2)cc1. The quantitative estimate of drug-likeness (QED) is 0.664. The van der Waals surface area contributed by atoms with Gasteiger partial charge < -0.3 is 10.1 Å². The van der Waals surface area contributed by atoms with Crippen molar-refractivity contribution < 1.29 is 9.53 Å². The Balaban J connectivity index is 1.54. The van der Waals surface area contributed by atoms with Crippen LogP contribution in [0.15, 0.2) is 54.7 Å². The summed E-state index contributed by atoms with van der Waals surface area (Å²) in [6.07, 6.45) is 2.98. The monoisotopic (exact) mass is 366 g/mol. The Labute approximate surface area is 157 Å². The van der Waals surface area contributed by atoms with Crippen molar-refractivity contribution in [3.05, 3.63) is 76.3 Å². The number of benzene rings is 2. The average molecular weight is 366 g/mol. The maximum atomic E-state index is 12.2. The Morgan fingerprint density at radius 2 is 1.77 bits per heavy atom. The predicted octanol–water partition coefficient (Wildman–Crippen LogP) is 4.62. The fraction of sp³-hybridized carbons (Fsp3) is 0.238. The number of carbonyl (C=O) groups excluding carboxylic acids is 1. The second-order valence-corrected chi connectivity index (χ2v) is 7.21. The molecule has 2 aromatic carbocycles. The Morgan fingerprint density at radius 1 is 1.08 bits per heavy atom. The normalized spacial score (nSPS) is 10.5. The fourth-order valence-electron chi connectivity index (χ4n) is 2.57. The van der Waals surface area contributed by atoms with Crippen molar-refractivity contribution >= 4 is 22.4 Å². The number of anilines is 1. The number of nitrogens with one attached hydrogen (secondary N) is 1. The summed E-state index contributed by atoms with van der Waals surface area (Å²) in [4.78, 5) is 17.7. The molecule has 0 aliphatic carbocycles. The first-order valence-electron chi connectivity index (χ1n) is 8.64. The van der Waals surface area contributed by atoms with Gasteiger partial charge in [0.1, 0.15) is 5.75 Å². The number of hydrogen-bond acceptors (Lipinski definition) is 4. The van der Waals surface area contributed by atoms with Gasteiger partial charge in [-0.2, -0.15) is 0 Å². The van der Waals surface area contributed by atoms with Crippen LogP contribution in [-0.2, 0) is 17.6 Å². The topological polar surface area (TPSA) is 51.2 Å².